The van der Waals surface area contributed by atoms with Crippen LogP contribution in [0.5, 0.6) is 0 Å². The van der Waals surface area contributed by atoms with Gasteiger partial charge in [0.25, 0.3) is 0 Å². The molecular formula is C11H15N5S. The monoisotopic (exact) mass is 249 g/mol. The van der Waals surface area contributed by atoms with Crippen LogP contribution in [-0.2, 0) is 19.6 Å². The third-order valence-corrected chi connectivity index (χ3v) is 4.32. The lowest BCUT2D eigenvalue weighted by Gasteiger charge is -2.27. The summed E-state index contributed by atoms with van der Waals surface area (Å²) in [5.41, 5.74) is 6.75. The summed E-state index contributed by atoms with van der Waals surface area (Å²) in [4.78, 5) is 12.4. The number of anilines is 1. The fourth-order valence-corrected chi connectivity index (χ4v) is 3.04. The van der Waals surface area contributed by atoms with E-state index >= 15 is 0 Å². The van der Waals surface area contributed by atoms with Crippen molar-refractivity contribution in [2.45, 2.75) is 26.6 Å². The Morgan fingerprint density at radius 3 is 3.12 bits per heavy atom. The fraction of sp³-hybridized carbons (Fsp3) is 0.455. The van der Waals surface area contributed by atoms with Gasteiger partial charge in [0.05, 0.1) is 12.2 Å². The predicted octanol–water partition coefficient (Wildman–Crippen LogP) is 1.13. The smallest absolute Gasteiger partial charge is 0.186 e. The van der Waals surface area contributed by atoms with Crippen LogP contribution in [0.25, 0.3) is 0 Å². The SMILES string of the molecule is Cc1nc(N2CCn3ccnc3C2)sc1CN. The predicted molar refractivity (Wildman–Crippen MR) is 68.0 cm³/mol. The molecule has 0 unspecified atom stereocenters. The Hall–Kier alpha value is -1.40. The zero-order valence-electron chi connectivity index (χ0n) is 9.76. The second-order valence-electron chi connectivity index (χ2n) is 4.17. The first kappa shape index (κ1) is 10.7. The van der Waals surface area contributed by atoms with E-state index in [2.05, 4.69) is 19.4 Å². The zero-order valence-corrected chi connectivity index (χ0v) is 10.6. The molecule has 3 heterocycles. The van der Waals surface area contributed by atoms with Gasteiger partial charge < -0.3 is 15.2 Å². The van der Waals surface area contributed by atoms with E-state index in [1.54, 1.807) is 11.3 Å². The van der Waals surface area contributed by atoms with Crippen LogP contribution in [0.2, 0.25) is 0 Å². The molecular weight excluding hydrogens is 234 g/mol. The van der Waals surface area contributed by atoms with Gasteiger partial charge in [0.15, 0.2) is 5.13 Å². The molecule has 1 aliphatic rings. The Balaban J connectivity index is 1.86. The molecule has 2 aromatic rings. The Kier molecular flexibility index (Phi) is 2.60. The molecule has 3 rings (SSSR count). The molecule has 0 saturated heterocycles. The maximum absolute atomic E-state index is 5.69. The van der Waals surface area contributed by atoms with Gasteiger partial charge in [-0.1, -0.05) is 0 Å². The summed E-state index contributed by atoms with van der Waals surface area (Å²) >= 11 is 1.70. The van der Waals surface area contributed by atoms with Crippen LogP contribution in [0.1, 0.15) is 16.4 Å². The normalized spacial score (nSPS) is 15.1. The van der Waals surface area contributed by atoms with Gasteiger partial charge in [-0.3, -0.25) is 0 Å². The average molecular weight is 249 g/mol. The number of nitrogens with two attached hydrogens (primary N) is 1. The number of hydrogen-bond acceptors (Lipinski definition) is 5. The Morgan fingerprint density at radius 2 is 2.35 bits per heavy atom. The molecule has 0 radical (unpaired) electrons. The van der Waals surface area contributed by atoms with Crippen molar-refractivity contribution in [3.63, 3.8) is 0 Å². The van der Waals surface area contributed by atoms with Crippen molar-refractivity contribution in [1.29, 1.82) is 0 Å². The molecule has 0 amide bonds. The van der Waals surface area contributed by atoms with E-state index in [1.807, 2.05) is 19.3 Å². The van der Waals surface area contributed by atoms with Crippen molar-refractivity contribution >= 4 is 16.5 Å². The number of nitrogens with zero attached hydrogens (tertiary/aromatic N) is 4. The Bertz CT molecular complexity index is 530. The minimum Gasteiger partial charge on any atom is -0.339 e. The summed E-state index contributed by atoms with van der Waals surface area (Å²) in [5.74, 6) is 1.11. The molecule has 17 heavy (non-hydrogen) atoms. The van der Waals surface area contributed by atoms with Gasteiger partial charge in [0, 0.05) is 36.9 Å². The van der Waals surface area contributed by atoms with Crippen molar-refractivity contribution in [2.75, 3.05) is 11.4 Å². The van der Waals surface area contributed by atoms with Gasteiger partial charge in [-0.2, -0.15) is 0 Å². The highest BCUT2D eigenvalue weighted by Crippen LogP contribution is 2.28. The van der Waals surface area contributed by atoms with E-state index in [-0.39, 0.29) is 0 Å². The zero-order chi connectivity index (χ0) is 11.8. The number of aryl methyl sites for hydroxylation is 1. The molecule has 2 N–H and O–H groups in total. The molecule has 0 spiro atoms. The maximum atomic E-state index is 5.69. The number of hydrogen-bond donors (Lipinski definition) is 1. The van der Waals surface area contributed by atoms with Gasteiger partial charge in [-0.25, -0.2) is 9.97 Å². The van der Waals surface area contributed by atoms with Gasteiger partial charge in [0.1, 0.15) is 5.82 Å². The quantitative estimate of drug-likeness (QED) is 0.866. The van der Waals surface area contributed by atoms with E-state index in [0.29, 0.717) is 6.54 Å². The lowest BCUT2D eigenvalue weighted by Crippen LogP contribution is -2.33. The summed E-state index contributed by atoms with van der Waals surface area (Å²) in [6.45, 7) is 5.40. The summed E-state index contributed by atoms with van der Waals surface area (Å²) in [5, 5.41) is 1.07. The first-order valence-electron chi connectivity index (χ1n) is 5.69. The van der Waals surface area contributed by atoms with E-state index in [4.69, 9.17) is 5.73 Å². The van der Waals surface area contributed by atoms with Crippen molar-refractivity contribution in [3.05, 3.63) is 28.8 Å². The van der Waals surface area contributed by atoms with Crippen LogP contribution >= 0.6 is 11.3 Å². The topological polar surface area (TPSA) is 60.0 Å². The van der Waals surface area contributed by atoms with Crippen molar-refractivity contribution in [2.24, 2.45) is 5.73 Å². The lowest BCUT2D eigenvalue weighted by molar-refractivity contribution is 0.559. The first-order valence-corrected chi connectivity index (χ1v) is 6.51. The number of aromatic nitrogens is 3. The van der Waals surface area contributed by atoms with E-state index < -0.39 is 0 Å². The molecule has 0 aromatic carbocycles. The third kappa shape index (κ3) is 1.83. The number of rotatable bonds is 2. The Labute approximate surface area is 104 Å². The summed E-state index contributed by atoms with van der Waals surface area (Å²) in [6.07, 6.45) is 3.89. The van der Waals surface area contributed by atoms with E-state index in [0.717, 1.165) is 36.3 Å². The average Bonchev–Trinajstić information content (AvgIpc) is 2.93. The summed E-state index contributed by atoms with van der Waals surface area (Å²) in [6, 6.07) is 0. The fourth-order valence-electron chi connectivity index (χ4n) is 2.07. The van der Waals surface area contributed by atoms with Crippen LogP contribution in [-0.4, -0.2) is 21.1 Å². The minimum atomic E-state index is 0.575. The molecule has 1 aliphatic heterocycles. The number of thiazole rings is 1. The van der Waals surface area contributed by atoms with Gasteiger partial charge in [-0.05, 0) is 6.92 Å². The van der Waals surface area contributed by atoms with Gasteiger partial charge in [0.2, 0.25) is 0 Å². The standard InChI is InChI=1S/C11H15N5S/c1-8-9(6-12)17-11(14-8)16-5-4-15-3-2-13-10(15)7-16/h2-3H,4-7,12H2,1H3. The lowest BCUT2D eigenvalue weighted by atomic mass is 10.4. The first-order chi connectivity index (χ1) is 8.28. The van der Waals surface area contributed by atoms with Crippen LogP contribution < -0.4 is 10.6 Å². The van der Waals surface area contributed by atoms with Crippen LogP contribution in [0, 0.1) is 6.92 Å². The third-order valence-electron chi connectivity index (χ3n) is 3.08. The van der Waals surface area contributed by atoms with Crippen molar-refractivity contribution < 1.29 is 0 Å². The highest BCUT2D eigenvalue weighted by atomic mass is 32.1. The second-order valence-corrected chi connectivity index (χ2v) is 5.23. The minimum absolute atomic E-state index is 0.575. The maximum Gasteiger partial charge on any atom is 0.186 e. The largest absolute Gasteiger partial charge is 0.339 e. The van der Waals surface area contributed by atoms with Gasteiger partial charge in [-0.15, -0.1) is 11.3 Å². The molecule has 0 atom stereocenters. The van der Waals surface area contributed by atoms with E-state index in [1.165, 1.54) is 4.88 Å². The van der Waals surface area contributed by atoms with Crippen LogP contribution in [0.4, 0.5) is 5.13 Å². The highest BCUT2D eigenvalue weighted by Gasteiger charge is 2.20. The highest BCUT2D eigenvalue weighted by molar-refractivity contribution is 7.15. The van der Waals surface area contributed by atoms with Crippen molar-refractivity contribution in [1.82, 2.24) is 14.5 Å². The van der Waals surface area contributed by atoms with Gasteiger partial charge >= 0.3 is 0 Å². The molecule has 0 aliphatic carbocycles. The molecule has 2 aromatic heterocycles. The molecule has 90 valence electrons. The Morgan fingerprint density at radius 1 is 1.47 bits per heavy atom. The number of fused-ring (bicyclic) bond motifs is 1. The molecule has 0 fully saturated rings. The summed E-state index contributed by atoms with van der Waals surface area (Å²) < 4.78 is 2.20. The molecule has 6 heteroatoms. The van der Waals surface area contributed by atoms with Crippen LogP contribution in [0.15, 0.2) is 12.4 Å². The second kappa shape index (κ2) is 4.12. The van der Waals surface area contributed by atoms with Crippen LogP contribution in [0.3, 0.4) is 0 Å². The van der Waals surface area contributed by atoms with E-state index in [9.17, 15) is 0 Å². The molecule has 0 bridgehead atoms. The van der Waals surface area contributed by atoms with Crippen molar-refractivity contribution in [3.8, 4) is 0 Å². The number of imidazole rings is 1. The molecule has 5 nitrogen and oxygen atoms in total. The summed E-state index contributed by atoms with van der Waals surface area (Å²) in [7, 11) is 0. The molecule has 0 saturated carbocycles.